The lowest BCUT2D eigenvalue weighted by Crippen LogP contribution is -1.97. The molecular weight excluding hydrogens is 219 g/mol. The van der Waals surface area contributed by atoms with E-state index in [0.717, 1.165) is 0 Å². The van der Waals surface area contributed by atoms with Crippen molar-refractivity contribution in [2.75, 3.05) is 6.16 Å². The van der Waals surface area contributed by atoms with Crippen molar-refractivity contribution in [3.63, 3.8) is 0 Å². The van der Waals surface area contributed by atoms with Gasteiger partial charge in [0.2, 0.25) is 8.03 Å². The summed E-state index contributed by atoms with van der Waals surface area (Å²) < 4.78 is 16.2. The van der Waals surface area contributed by atoms with E-state index >= 15 is 0 Å². The maximum atomic E-state index is 11.2. The van der Waals surface area contributed by atoms with Gasteiger partial charge in [-0.2, -0.15) is 0 Å². The van der Waals surface area contributed by atoms with E-state index in [4.69, 9.17) is 14.7 Å². The van der Waals surface area contributed by atoms with E-state index in [1.807, 2.05) is 0 Å². The molecule has 0 bridgehead atoms. The number of aromatic hydroxyl groups is 1. The van der Waals surface area contributed by atoms with Gasteiger partial charge < -0.3 is 14.7 Å². The second-order valence-corrected chi connectivity index (χ2v) is 4.31. The fourth-order valence-electron chi connectivity index (χ4n) is 0.938. The Labute approximate surface area is 87.2 Å². The maximum absolute atomic E-state index is 11.2. The van der Waals surface area contributed by atoms with Crippen LogP contribution >= 0.6 is 8.03 Å². The molecule has 1 atom stereocenters. The molecule has 0 fully saturated rings. The van der Waals surface area contributed by atoms with Crippen molar-refractivity contribution in [2.24, 2.45) is 0 Å². The number of hydrogen-bond acceptors (Lipinski definition) is 4. The Morgan fingerprint density at radius 1 is 1.47 bits per heavy atom. The van der Waals surface area contributed by atoms with Crippen LogP contribution < -0.4 is 4.52 Å². The van der Waals surface area contributed by atoms with Gasteiger partial charge in [0, 0.05) is 12.2 Å². The number of aliphatic carboxylic acids is 1. The van der Waals surface area contributed by atoms with Crippen LogP contribution in [0.5, 0.6) is 11.5 Å². The van der Waals surface area contributed by atoms with Gasteiger partial charge in [-0.3, -0.25) is 9.36 Å². The minimum atomic E-state index is -2.40. The fraction of sp³-hybridized carbons (Fsp3) is 0.222. The third kappa shape index (κ3) is 4.51. The molecule has 5 nitrogen and oxygen atoms in total. The van der Waals surface area contributed by atoms with E-state index < -0.39 is 14.0 Å². The smallest absolute Gasteiger partial charge is 0.303 e. The normalized spacial score (nSPS) is 12.0. The largest absolute Gasteiger partial charge is 0.508 e. The van der Waals surface area contributed by atoms with Crippen LogP contribution in [0.4, 0.5) is 0 Å². The van der Waals surface area contributed by atoms with Crippen molar-refractivity contribution in [3.05, 3.63) is 24.3 Å². The lowest BCUT2D eigenvalue weighted by atomic mass is 10.3. The second-order valence-electron chi connectivity index (χ2n) is 2.87. The number of carbonyl (C=O) groups is 1. The summed E-state index contributed by atoms with van der Waals surface area (Å²) in [6.45, 7) is 0. The molecule has 0 aliphatic heterocycles. The van der Waals surface area contributed by atoms with Crippen LogP contribution in [0, 0.1) is 0 Å². The summed E-state index contributed by atoms with van der Waals surface area (Å²) in [6.07, 6.45) is -0.188. The molecule has 0 spiro atoms. The van der Waals surface area contributed by atoms with Crippen LogP contribution in [0.25, 0.3) is 0 Å². The zero-order valence-electron chi connectivity index (χ0n) is 7.84. The molecule has 0 amide bonds. The first-order chi connectivity index (χ1) is 7.08. The summed E-state index contributed by atoms with van der Waals surface area (Å²) in [5, 5.41) is 17.4. The Balaban J connectivity index is 2.48. The average Bonchev–Trinajstić information content (AvgIpc) is 2.15. The Morgan fingerprint density at radius 3 is 2.80 bits per heavy atom. The van der Waals surface area contributed by atoms with E-state index in [-0.39, 0.29) is 24.1 Å². The molecular formula is C9H11O5P. The first-order valence-electron chi connectivity index (χ1n) is 4.29. The molecule has 0 aromatic heterocycles. The zero-order valence-corrected chi connectivity index (χ0v) is 8.84. The van der Waals surface area contributed by atoms with Crippen molar-refractivity contribution >= 4 is 14.0 Å². The van der Waals surface area contributed by atoms with Gasteiger partial charge in [0.25, 0.3) is 0 Å². The highest BCUT2D eigenvalue weighted by Crippen LogP contribution is 2.29. The monoisotopic (exact) mass is 230 g/mol. The number of carboxylic acids is 1. The summed E-state index contributed by atoms with van der Waals surface area (Å²) in [6, 6.07) is 5.88. The minimum Gasteiger partial charge on any atom is -0.508 e. The molecule has 0 radical (unpaired) electrons. The molecule has 15 heavy (non-hydrogen) atoms. The summed E-state index contributed by atoms with van der Waals surface area (Å²) in [7, 11) is -2.40. The van der Waals surface area contributed by atoms with E-state index in [1.54, 1.807) is 12.1 Å². The van der Waals surface area contributed by atoms with Crippen LogP contribution in [-0.4, -0.2) is 22.3 Å². The van der Waals surface area contributed by atoms with Gasteiger partial charge in [-0.05, 0) is 12.1 Å². The highest BCUT2D eigenvalue weighted by Gasteiger charge is 2.05. The number of phenolic OH excluding ortho intramolecular Hbond substituents is 1. The molecule has 82 valence electrons. The number of rotatable bonds is 5. The Morgan fingerprint density at radius 2 is 2.20 bits per heavy atom. The van der Waals surface area contributed by atoms with Crippen molar-refractivity contribution in [3.8, 4) is 11.5 Å². The highest BCUT2D eigenvalue weighted by molar-refractivity contribution is 7.39. The minimum absolute atomic E-state index is 0.00431. The van der Waals surface area contributed by atoms with Crippen molar-refractivity contribution in [1.29, 1.82) is 0 Å². The molecule has 1 aromatic carbocycles. The van der Waals surface area contributed by atoms with Gasteiger partial charge in [-0.1, -0.05) is 6.07 Å². The first-order valence-corrected chi connectivity index (χ1v) is 5.82. The number of benzene rings is 1. The number of hydrogen-bond donors (Lipinski definition) is 2. The van der Waals surface area contributed by atoms with Gasteiger partial charge in [0.15, 0.2) is 0 Å². The van der Waals surface area contributed by atoms with Crippen molar-refractivity contribution < 1.29 is 24.1 Å². The second kappa shape index (κ2) is 5.41. The van der Waals surface area contributed by atoms with E-state index in [2.05, 4.69) is 0 Å². The molecule has 0 heterocycles. The third-order valence-corrected chi connectivity index (χ3v) is 2.71. The Hall–Kier alpha value is -1.48. The van der Waals surface area contributed by atoms with Crippen LogP contribution in [-0.2, 0) is 9.36 Å². The Bertz CT molecular complexity index is 377. The Kier molecular flexibility index (Phi) is 4.18. The molecule has 2 N–H and O–H groups in total. The zero-order chi connectivity index (χ0) is 11.3. The predicted molar refractivity (Wildman–Crippen MR) is 54.9 cm³/mol. The van der Waals surface area contributed by atoms with Crippen LogP contribution in [0.15, 0.2) is 24.3 Å². The summed E-state index contributed by atoms with van der Waals surface area (Å²) >= 11 is 0. The van der Waals surface area contributed by atoms with Crippen LogP contribution in [0.2, 0.25) is 0 Å². The van der Waals surface area contributed by atoms with Crippen molar-refractivity contribution in [1.82, 2.24) is 0 Å². The topological polar surface area (TPSA) is 83.8 Å². The van der Waals surface area contributed by atoms with Crippen LogP contribution in [0.1, 0.15) is 6.42 Å². The SMILES string of the molecule is O=C(O)CC[PH](=O)Oc1cccc(O)c1. The molecule has 0 saturated carbocycles. The average molecular weight is 230 g/mol. The van der Waals surface area contributed by atoms with Gasteiger partial charge in [-0.25, -0.2) is 0 Å². The van der Waals surface area contributed by atoms with Crippen molar-refractivity contribution in [2.45, 2.75) is 6.42 Å². The molecule has 0 aliphatic carbocycles. The predicted octanol–water partition coefficient (Wildman–Crippen LogP) is 1.72. The third-order valence-electron chi connectivity index (χ3n) is 1.59. The lowest BCUT2D eigenvalue weighted by molar-refractivity contribution is -0.136. The summed E-state index contributed by atoms with van der Waals surface area (Å²) in [5.41, 5.74) is 0. The highest BCUT2D eigenvalue weighted by atomic mass is 31.1. The quantitative estimate of drug-likeness (QED) is 0.752. The molecule has 6 heteroatoms. The fourth-order valence-corrected chi connectivity index (χ4v) is 1.85. The molecule has 1 aromatic rings. The van der Waals surface area contributed by atoms with Gasteiger partial charge >= 0.3 is 5.97 Å². The first kappa shape index (κ1) is 11.6. The molecule has 1 rings (SSSR count). The maximum Gasteiger partial charge on any atom is 0.303 e. The van der Waals surface area contributed by atoms with E-state index in [1.165, 1.54) is 12.1 Å². The standard InChI is InChI=1S/C9H11O5P/c10-7-2-1-3-8(6-7)14-15(13)5-4-9(11)12/h1-3,6,10,15H,4-5H2,(H,11,12). The van der Waals surface area contributed by atoms with Gasteiger partial charge in [0.05, 0.1) is 6.42 Å². The summed E-state index contributed by atoms with van der Waals surface area (Å²) in [4.78, 5) is 10.2. The van der Waals surface area contributed by atoms with Gasteiger partial charge in [0.1, 0.15) is 11.5 Å². The van der Waals surface area contributed by atoms with E-state index in [9.17, 15) is 9.36 Å². The summed E-state index contributed by atoms with van der Waals surface area (Å²) in [5.74, 6) is -0.710. The molecule has 1 unspecified atom stereocenters. The number of carboxylic acid groups (broad SMARTS) is 1. The number of phenols is 1. The lowest BCUT2D eigenvalue weighted by Gasteiger charge is -2.04. The molecule has 0 aliphatic rings. The van der Waals surface area contributed by atoms with Crippen LogP contribution in [0.3, 0.4) is 0 Å². The van der Waals surface area contributed by atoms with Gasteiger partial charge in [-0.15, -0.1) is 0 Å². The van der Waals surface area contributed by atoms with E-state index in [0.29, 0.717) is 0 Å². The molecule has 0 saturated heterocycles.